The first-order valence-corrected chi connectivity index (χ1v) is 10.6. The van der Waals surface area contributed by atoms with E-state index >= 15 is 0 Å². The smallest absolute Gasteiger partial charge is 0.256 e. The molecule has 2 bridgehead atoms. The summed E-state index contributed by atoms with van der Waals surface area (Å²) in [7, 11) is 1.95. The number of para-hydroxylation sites is 1. The Morgan fingerprint density at radius 3 is 2.70 bits per heavy atom. The largest absolute Gasteiger partial charge is 0.391 e. The quantitative estimate of drug-likeness (QED) is 0.811. The van der Waals surface area contributed by atoms with Crippen LogP contribution in [0.3, 0.4) is 0 Å². The third-order valence-electron chi connectivity index (χ3n) is 7.48. The summed E-state index contributed by atoms with van der Waals surface area (Å²) in [4.78, 5) is 28.0. The molecular weight excluding hydrogens is 380 g/mol. The summed E-state index contributed by atoms with van der Waals surface area (Å²) in [6, 6.07) is 9.42. The number of benzene rings is 1. The molecule has 2 aromatic rings. The number of carbonyl (C=O) groups excluding carboxylic acids is 2. The normalized spacial score (nSPS) is 32.1. The second kappa shape index (κ2) is 6.85. The van der Waals surface area contributed by atoms with Gasteiger partial charge in [0.1, 0.15) is 0 Å². The maximum Gasteiger partial charge on any atom is 0.256 e. The average molecular weight is 406 g/mol. The van der Waals surface area contributed by atoms with E-state index in [4.69, 9.17) is 5.26 Å². The molecule has 1 aromatic carbocycles. The number of rotatable bonds is 3. The van der Waals surface area contributed by atoms with Crippen LogP contribution < -0.4 is 5.32 Å². The summed E-state index contributed by atoms with van der Waals surface area (Å²) in [5.41, 5.74) is 2.58. The Kier molecular flexibility index (Phi) is 4.37. The fourth-order valence-electron chi connectivity index (χ4n) is 5.65. The van der Waals surface area contributed by atoms with Gasteiger partial charge in [0.25, 0.3) is 5.91 Å². The van der Waals surface area contributed by atoms with Crippen molar-refractivity contribution in [2.24, 2.45) is 24.8 Å². The van der Waals surface area contributed by atoms with Crippen molar-refractivity contribution in [1.29, 1.82) is 5.26 Å². The summed E-state index contributed by atoms with van der Waals surface area (Å²) in [6.45, 7) is 2.49. The molecule has 3 fully saturated rings. The first kappa shape index (κ1) is 19.1. The van der Waals surface area contributed by atoms with Crippen LogP contribution in [0.4, 0.5) is 0 Å². The van der Waals surface area contributed by atoms with Gasteiger partial charge in [0, 0.05) is 47.9 Å². The van der Waals surface area contributed by atoms with Crippen molar-refractivity contribution < 1.29 is 14.7 Å². The number of nitrogens with zero attached hydrogens (tertiary/aromatic N) is 3. The van der Waals surface area contributed by atoms with Gasteiger partial charge < -0.3 is 19.9 Å². The molecule has 2 aliphatic carbocycles. The van der Waals surface area contributed by atoms with Crippen LogP contribution in [0.1, 0.15) is 35.3 Å². The number of nitrogens with one attached hydrogen (secondary N) is 1. The molecule has 0 radical (unpaired) electrons. The van der Waals surface area contributed by atoms with E-state index in [1.807, 2.05) is 42.8 Å². The van der Waals surface area contributed by atoms with Gasteiger partial charge in [-0.25, -0.2) is 0 Å². The van der Waals surface area contributed by atoms with Gasteiger partial charge in [-0.3, -0.25) is 9.59 Å². The lowest BCUT2D eigenvalue weighted by atomic mass is 9.75. The van der Waals surface area contributed by atoms with E-state index < -0.39 is 12.1 Å². The number of aliphatic hydroxyl groups excluding tert-OH is 1. The van der Waals surface area contributed by atoms with Crippen LogP contribution in [0.5, 0.6) is 0 Å². The van der Waals surface area contributed by atoms with Crippen LogP contribution in [-0.2, 0) is 11.8 Å². The van der Waals surface area contributed by atoms with E-state index in [1.165, 1.54) is 0 Å². The number of aliphatic hydroxyl groups is 1. The van der Waals surface area contributed by atoms with Gasteiger partial charge in [-0.1, -0.05) is 18.2 Å². The molecule has 2 saturated carbocycles. The lowest BCUT2D eigenvalue weighted by molar-refractivity contribution is -0.129. The van der Waals surface area contributed by atoms with Crippen molar-refractivity contribution in [3.05, 3.63) is 35.5 Å². The Hall–Kier alpha value is -2.85. The Balaban J connectivity index is 1.39. The highest BCUT2D eigenvalue weighted by Gasteiger charge is 2.55. The first-order valence-electron chi connectivity index (χ1n) is 10.6. The number of fused-ring (bicyclic) bond motifs is 3. The third-order valence-corrected chi connectivity index (χ3v) is 7.48. The van der Waals surface area contributed by atoms with Gasteiger partial charge in [0.05, 0.1) is 29.8 Å². The summed E-state index contributed by atoms with van der Waals surface area (Å²) in [6.07, 6.45) is 1.16. The second-order valence-electron chi connectivity index (χ2n) is 9.08. The van der Waals surface area contributed by atoms with E-state index in [-0.39, 0.29) is 35.6 Å². The van der Waals surface area contributed by atoms with E-state index in [0.717, 1.165) is 16.6 Å². The molecule has 7 heteroatoms. The number of aromatic nitrogens is 1. The molecule has 5 rings (SSSR count). The summed E-state index contributed by atoms with van der Waals surface area (Å²) >= 11 is 0. The van der Waals surface area contributed by atoms with Gasteiger partial charge in [0.2, 0.25) is 5.91 Å². The number of hydrogen-bond acceptors (Lipinski definition) is 4. The van der Waals surface area contributed by atoms with Crippen molar-refractivity contribution in [3.63, 3.8) is 0 Å². The molecule has 2 N–H and O–H groups in total. The van der Waals surface area contributed by atoms with Crippen molar-refractivity contribution in [3.8, 4) is 6.07 Å². The zero-order chi connectivity index (χ0) is 21.2. The van der Waals surface area contributed by atoms with Crippen molar-refractivity contribution in [2.75, 3.05) is 6.54 Å². The minimum atomic E-state index is -0.637. The Morgan fingerprint density at radius 1 is 1.23 bits per heavy atom. The molecule has 0 unspecified atom stereocenters. The summed E-state index contributed by atoms with van der Waals surface area (Å²) in [5.74, 6) is -0.232. The fraction of sp³-hybridized carbons (Fsp3) is 0.522. The molecule has 1 aliphatic heterocycles. The number of nitriles is 1. The van der Waals surface area contributed by atoms with Crippen molar-refractivity contribution in [1.82, 2.24) is 14.8 Å². The highest BCUT2D eigenvalue weighted by Crippen LogP contribution is 2.41. The molecule has 2 heterocycles. The SMILES string of the molecule is Cc1c(C(=O)N2C[C@@H]3C[C@@H](O)[C@H]2[C@H]3NC(=O)C2CC(C#N)C2)c2ccccc2n1C. The predicted octanol–water partition coefficient (Wildman–Crippen LogP) is 1.73. The lowest BCUT2D eigenvalue weighted by Gasteiger charge is -2.33. The molecule has 1 saturated heterocycles. The van der Waals surface area contributed by atoms with E-state index in [9.17, 15) is 14.7 Å². The number of amides is 2. The van der Waals surface area contributed by atoms with Gasteiger partial charge in [-0.15, -0.1) is 0 Å². The zero-order valence-electron chi connectivity index (χ0n) is 17.2. The molecule has 1 aromatic heterocycles. The second-order valence-corrected chi connectivity index (χ2v) is 9.08. The molecule has 30 heavy (non-hydrogen) atoms. The minimum absolute atomic E-state index is 0.0287. The molecule has 7 nitrogen and oxygen atoms in total. The van der Waals surface area contributed by atoms with E-state index in [0.29, 0.717) is 31.4 Å². The average Bonchev–Trinajstić information content (AvgIpc) is 3.28. The van der Waals surface area contributed by atoms with Crippen LogP contribution in [-0.4, -0.2) is 51.1 Å². The van der Waals surface area contributed by atoms with Crippen LogP contribution in [0.25, 0.3) is 10.9 Å². The van der Waals surface area contributed by atoms with Crippen molar-refractivity contribution in [2.45, 2.75) is 44.4 Å². The first-order chi connectivity index (χ1) is 14.4. The Morgan fingerprint density at radius 2 is 1.97 bits per heavy atom. The molecule has 3 aliphatic rings. The van der Waals surface area contributed by atoms with Crippen LogP contribution >= 0.6 is 0 Å². The predicted molar refractivity (Wildman–Crippen MR) is 110 cm³/mol. The highest BCUT2D eigenvalue weighted by molar-refractivity contribution is 6.08. The molecule has 0 spiro atoms. The number of aryl methyl sites for hydroxylation is 1. The maximum atomic E-state index is 13.6. The lowest BCUT2D eigenvalue weighted by Crippen LogP contribution is -2.52. The Bertz CT molecular complexity index is 1080. The molecule has 156 valence electrons. The highest BCUT2D eigenvalue weighted by atomic mass is 16.3. The summed E-state index contributed by atoms with van der Waals surface area (Å²) in [5, 5.41) is 23.6. The van der Waals surface area contributed by atoms with E-state index in [2.05, 4.69) is 11.4 Å². The van der Waals surface area contributed by atoms with Crippen LogP contribution in [0, 0.1) is 36.0 Å². The van der Waals surface area contributed by atoms with Gasteiger partial charge in [0.15, 0.2) is 0 Å². The standard InChI is InChI=1S/C23H26N4O3/c1-12-19(16-5-3-4-6-17(16)26(12)2)23(30)27-11-15-9-18(28)21(27)20(15)25-22(29)14-7-13(8-14)10-24/h3-6,13-15,18,20-21,28H,7-9,11H2,1-2H3,(H,25,29)/t13?,14?,15-,18+,20-,21-/m0/s1. The van der Waals surface area contributed by atoms with Gasteiger partial charge in [-0.2, -0.15) is 5.26 Å². The summed E-state index contributed by atoms with van der Waals surface area (Å²) < 4.78 is 2.02. The number of likely N-dealkylation sites (tertiary alicyclic amines) is 1. The van der Waals surface area contributed by atoms with Crippen LogP contribution in [0.15, 0.2) is 24.3 Å². The van der Waals surface area contributed by atoms with Crippen molar-refractivity contribution >= 4 is 22.7 Å². The third kappa shape index (κ3) is 2.67. The topological polar surface area (TPSA) is 98.4 Å². The zero-order valence-corrected chi connectivity index (χ0v) is 17.2. The molecule has 4 atom stereocenters. The number of hydrogen-bond donors (Lipinski definition) is 2. The fourth-order valence-corrected chi connectivity index (χ4v) is 5.65. The number of carbonyl (C=O) groups is 2. The van der Waals surface area contributed by atoms with Gasteiger partial charge >= 0.3 is 0 Å². The Labute approximate surface area is 175 Å². The minimum Gasteiger partial charge on any atom is -0.391 e. The maximum absolute atomic E-state index is 13.6. The molecule has 2 amide bonds. The van der Waals surface area contributed by atoms with Crippen LogP contribution in [0.2, 0.25) is 0 Å². The van der Waals surface area contributed by atoms with E-state index in [1.54, 1.807) is 4.90 Å². The van der Waals surface area contributed by atoms with Gasteiger partial charge in [-0.05, 0) is 32.3 Å². The number of piperidine rings is 1. The molecular formula is C23H26N4O3. The monoisotopic (exact) mass is 406 g/mol.